The summed E-state index contributed by atoms with van der Waals surface area (Å²) in [4.78, 5) is 32.4. The van der Waals surface area contributed by atoms with Crippen LogP contribution in [0.15, 0.2) is 47.0 Å². The van der Waals surface area contributed by atoms with E-state index in [4.69, 9.17) is 14.0 Å². The van der Waals surface area contributed by atoms with Gasteiger partial charge in [0.2, 0.25) is 5.82 Å². The Morgan fingerprint density at radius 1 is 0.896 bits per heavy atom. The highest BCUT2D eigenvalue weighted by atomic mass is 19.4. The molecule has 9 nitrogen and oxygen atoms in total. The molecule has 4 aromatic rings. The molecule has 3 heterocycles. The summed E-state index contributed by atoms with van der Waals surface area (Å²) in [5, 5.41) is 4.91. The number of amides is 1. The zero-order valence-electron chi connectivity index (χ0n) is 28.1. The predicted molar refractivity (Wildman–Crippen MR) is 173 cm³/mol. The molecule has 0 saturated heterocycles. The minimum atomic E-state index is -4.50. The Bertz CT molecular complexity index is 1840. The van der Waals surface area contributed by atoms with E-state index in [1.807, 2.05) is 24.3 Å². The normalized spacial score (nSPS) is 17.5. The Morgan fingerprint density at radius 2 is 1.58 bits per heavy atom. The molecular weight excluding hydrogens is 625 g/mol. The molecular formula is C36H41F3N4O5. The average molecular weight is 667 g/mol. The molecule has 1 saturated carbocycles. The molecule has 0 N–H and O–H groups in total. The van der Waals surface area contributed by atoms with E-state index in [2.05, 4.69) is 14.7 Å². The largest absolute Gasteiger partial charge is 0.460 e. The predicted octanol–water partition coefficient (Wildman–Crippen LogP) is 9.06. The van der Waals surface area contributed by atoms with E-state index in [0.717, 1.165) is 48.3 Å². The molecule has 2 aromatic heterocycles. The van der Waals surface area contributed by atoms with Gasteiger partial charge in [0.05, 0.1) is 18.0 Å². The van der Waals surface area contributed by atoms with Gasteiger partial charge in [0.25, 0.3) is 5.89 Å². The van der Waals surface area contributed by atoms with Crippen molar-refractivity contribution in [2.45, 2.75) is 110 Å². The average Bonchev–Trinajstić information content (AvgIpc) is 3.75. The molecule has 2 aliphatic rings. The number of ether oxygens (including phenoxy) is 2. The van der Waals surface area contributed by atoms with Gasteiger partial charge >= 0.3 is 18.2 Å². The molecule has 2 aromatic carbocycles. The SMILES string of the molecule is CC(C)(C)OC(=O)CC1c2cc3cc(-c4noc(-c5ccc(C6CCCC6)c(C(F)(F)F)c5)n4)ccc3n2CCN1C(=O)OC(C)(C)C. The quantitative estimate of drug-likeness (QED) is 0.196. The van der Waals surface area contributed by atoms with Gasteiger partial charge in [-0.15, -0.1) is 0 Å². The lowest BCUT2D eigenvalue weighted by molar-refractivity contribution is -0.156. The van der Waals surface area contributed by atoms with Gasteiger partial charge in [0, 0.05) is 40.8 Å². The Labute approximate surface area is 277 Å². The van der Waals surface area contributed by atoms with Gasteiger partial charge in [-0.05, 0) is 102 Å². The number of esters is 1. The molecule has 0 bridgehead atoms. The third-order valence-corrected chi connectivity index (χ3v) is 8.71. The summed E-state index contributed by atoms with van der Waals surface area (Å²) in [6.45, 7) is 11.6. The zero-order chi connectivity index (χ0) is 34.6. The summed E-state index contributed by atoms with van der Waals surface area (Å²) in [5.74, 6) is -0.320. The van der Waals surface area contributed by atoms with Crippen molar-refractivity contribution < 1.29 is 36.8 Å². The Hall–Kier alpha value is -4.35. The number of alkyl halides is 3. The van der Waals surface area contributed by atoms with E-state index in [0.29, 0.717) is 24.2 Å². The number of nitrogens with zero attached hydrogens (tertiary/aromatic N) is 4. The molecule has 12 heteroatoms. The molecule has 1 amide bonds. The second-order valence-electron chi connectivity index (χ2n) is 14.7. The van der Waals surface area contributed by atoms with Gasteiger partial charge in [-0.1, -0.05) is 24.1 Å². The second-order valence-corrected chi connectivity index (χ2v) is 14.7. The Morgan fingerprint density at radius 3 is 2.25 bits per heavy atom. The summed E-state index contributed by atoms with van der Waals surface area (Å²) >= 11 is 0. The molecule has 1 fully saturated rings. The van der Waals surface area contributed by atoms with Crippen molar-refractivity contribution in [3.05, 3.63) is 59.3 Å². The van der Waals surface area contributed by atoms with Crippen molar-refractivity contribution in [2.75, 3.05) is 6.54 Å². The van der Waals surface area contributed by atoms with Crippen LogP contribution in [0.5, 0.6) is 0 Å². The number of carbonyl (C=O) groups excluding carboxylic acids is 2. The Balaban J connectivity index is 1.32. The first kappa shape index (κ1) is 33.5. The molecule has 6 rings (SSSR count). The highest BCUT2D eigenvalue weighted by molar-refractivity contribution is 5.87. The number of rotatable bonds is 5. The van der Waals surface area contributed by atoms with Crippen molar-refractivity contribution in [1.29, 1.82) is 0 Å². The highest BCUT2D eigenvalue weighted by Crippen LogP contribution is 2.43. The van der Waals surface area contributed by atoms with Crippen LogP contribution in [0.2, 0.25) is 0 Å². The van der Waals surface area contributed by atoms with Crippen molar-refractivity contribution in [2.24, 2.45) is 0 Å². The van der Waals surface area contributed by atoms with Crippen LogP contribution >= 0.6 is 0 Å². The van der Waals surface area contributed by atoms with Gasteiger partial charge in [0.15, 0.2) is 0 Å². The number of benzene rings is 2. The fourth-order valence-electron chi connectivity index (χ4n) is 6.76. The molecule has 0 spiro atoms. The lowest BCUT2D eigenvalue weighted by atomic mass is 9.91. The smallest absolute Gasteiger partial charge is 0.416 e. The van der Waals surface area contributed by atoms with Crippen LogP contribution < -0.4 is 0 Å². The first-order valence-corrected chi connectivity index (χ1v) is 16.4. The van der Waals surface area contributed by atoms with E-state index in [1.165, 1.54) is 0 Å². The van der Waals surface area contributed by atoms with Crippen LogP contribution in [-0.4, -0.2) is 49.4 Å². The van der Waals surface area contributed by atoms with Gasteiger partial charge in [-0.3, -0.25) is 9.69 Å². The van der Waals surface area contributed by atoms with Crippen LogP contribution in [0.4, 0.5) is 18.0 Å². The molecule has 0 radical (unpaired) electrons. The van der Waals surface area contributed by atoms with Gasteiger partial charge in [-0.25, -0.2) is 4.79 Å². The Kier molecular flexibility index (Phi) is 8.58. The van der Waals surface area contributed by atoms with Crippen molar-refractivity contribution >= 4 is 23.0 Å². The maximum atomic E-state index is 14.1. The molecule has 1 unspecified atom stereocenters. The van der Waals surface area contributed by atoms with Gasteiger partial charge < -0.3 is 18.6 Å². The third-order valence-electron chi connectivity index (χ3n) is 8.71. The van der Waals surface area contributed by atoms with Crippen molar-refractivity contribution in [3.63, 3.8) is 0 Å². The first-order chi connectivity index (χ1) is 22.5. The van der Waals surface area contributed by atoms with E-state index >= 15 is 0 Å². The summed E-state index contributed by atoms with van der Waals surface area (Å²) < 4.78 is 61.1. The summed E-state index contributed by atoms with van der Waals surface area (Å²) in [7, 11) is 0. The fraction of sp³-hybridized carbons (Fsp3) is 0.500. The number of halogens is 3. The molecule has 1 atom stereocenters. The van der Waals surface area contributed by atoms with E-state index in [-0.39, 0.29) is 29.6 Å². The van der Waals surface area contributed by atoms with E-state index in [1.54, 1.807) is 58.6 Å². The lowest BCUT2D eigenvalue weighted by Gasteiger charge is -2.37. The number of aromatic nitrogens is 3. The summed E-state index contributed by atoms with van der Waals surface area (Å²) in [6.07, 6.45) is -1.72. The highest BCUT2D eigenvalue weighted by Gasteiger charge is 2.38. The third kappa shape index (κ3) is 7.07. The van der Waals surface area contributed by atoms with Crippen LogP contribution in [0.25, 0.3) is 33.7 Å². The van der Waals surface area contributed by atoms with E-state index < -0.39 is 41.0 Å². The maximum Gasteiger partial charge on any atom is 0.416 e. The second kappa shape index (κ2) is 12.3. The van der Waals surface area contributed by atoms with Crippen LogP contribution in [-0.2, 0) is 27.0 Å². The molecule has 1 aliphatic carbocycles. The number of fused-ring (bicyclic) bond motifs is 3. The van der Waals surface area contributed by atoms with Crippen molar-refractivity contribution in [3.8, 4) is 22.8 Å². The minimum Gasteiger partial charge on any atom is -0.460 e. The van der Waals surface area contributed by atoms with Gasteiger partial charge in [0.1, 0.15) is 11.2 Å². The molecule has 1 aliphatic heterocycles. The van der Waals surface area contributed by atoms with Gasteiger partial charge in [-0.2, -0.15) is 18.2 Å². The van der Waals surface area contributed by atoms with Crippen molar-refractivity contribution in [1.82, 2.24) is 19.6 Å². The minimum absolute atomic E-state index is 0.00447. The molecule has 48 heavy (non-hydrogen) atoms. The monoisotopic (exact) mass is 666 g/mol. The first-order valence-electron chi connectivity index (χ1n) is 16.4. The van der Waals surface area contributed by atoms with Crippen LogP contribution in [0, 0.1) is 0 Å². The maximum absolute atomic E-state index is 14.1. The molecule has 256 valence electrons. The number of carbonyl (C=O) groups is 2. The number of hydrogen-bond donors (Lipinski definition) is 0. The topological polar surface area (TPSA) is 99.7 Å². The zero-order valence-corrected chi connectivity index (χ0v) is 28.1. The standard InChI is InChI=1S/C36H41F3N4O5/c1-34(2,3)46-30(44)20-29-28-19-24-17-22(12-14-27(24)42(28)15-16-43(29)33(45)47-35(4,5)6)31-40-32(48-41-31)23-11-13-25(21-9-7-8-10-21)26(18-23)36(37,38)39/h11-14,17-19,21,29H,7-10,15-16,20H2,1-6H3. The van der Waals surface area contributed by atoms with Crippen LogP contribution in [0.3, 0.4) is 0 Å². The lowest BCUT2D eigenvalue weighted by Crippen LogP contribution is -2.45. The van der Waals surface area contributed by atoms with E-state index in [9.17, 15) is 22.8 Å². The summed E-state index contributed by atoms with van der Waals surface area (Å²) in [5.41, 5.74) is 0.689. The fourth-order valence-corrected chi connectivity index (χ4v) is 6.76. The number of hydrogen-bond acceptors (Lipinski definition) is 7. The summed E-state index contributed by atoms with van der Waals surface area (Å²) in [6, 6.07) is 11.1. The van der Waals surface area contributed by atoms with Crippen LogP contribution in [0.1, 0.15) is 102 Å².